The van der Waals surface area contributed by atoms with Crippen LogP contribution in [-0.2, 0) is 4.79 Å². The van der Waals surface area contributed by atoms with Crippen molar-refractivity contribution in [1.82, 2.24) is 4.90 Å². The molecule has 1 aromatic carbocycles. The number of piperidine rings is 1. The molecule has 0 bridgehead atoms. The lowest BCUT2D eigenvalue weighted by Gasteiger charge is -2.32. The van der Waals surface area contributed by atoms with Gasteiger partial charge in [-0.2, -0.15) is 0 Å². The van der Waals surface area contributed by atoms with Gasteiger partial charge in [-0.25, -0.2) is 0 Å². The van der Waals surface area contributed by atoms with Crippen molar-refractivity contribution < 1.29 is 24.2 Å². The molecule has 1 aliphatic heterocycles. The molecule has 1 amide bonds. The summed E-state index contributed by atoms with van der Waals surface area (Å²) in [6, 6.07) is 3.48. The first kappa shape index (κ1) is 16.6. The second-order valence-corrected chi connectivity index (χ2v) is 6.76. The van der Waals surface area contributed by atoms with E-state index in [-0.39, 0.29) is 17.2 Å². The van der Waals surface area contributed by atoms with Gasteiger partial charge in [0, 0.05) is 24.2 Å². The molecule has 130 valence electrons. The molecular weight excluding hydrogens is 310 g/mol. The Morgan fingerprint density at radius 1 is 1.17 bits per heavy atom. The Bertz CT molecular complexity index is 651. The Morgan fingerprint density at radius 2 is 1.71 bits per heavy atom. The van der Waals surface area contributed by atoms with Gasteiger partial charge in [-0.1, -0.05) is 0 Å². The maximum atomic E-state index is 12.8. The van der Waals surface area contributed by atoms with E-state index in [1.807, 2.05) is 6.92 Å². The second-order valence-electron chi connectivity index (χ2n) is 6.76. The van der Waals surface area contributed by atoms with E-state index in [0.29, 0.717) is 30.2 Å². The fraction of sp³-hybridized carbons (Fsp3) is 0.556. The van der Waals surface area contributed by atoms with Crippen molar-refractivity contribution >= 4 is 11.9 Å². The standard InChI is InChI=1S/C18H23NO5/c1-11-14(23-2)8-12(9-15(11)24-3)16(20)19-6-4-18(5-7-19)10-13(18)17(21)22/h8-9,13H,4-7,10H2,1-3H3,(H,21,22). The van der Waals surface area contributed by atoms with Crippen LogP contribution in [0.15, 0.2) is 12.1 Å². The van der Waals surface area contributed by atoms with Gasteiger partial charge in [0.25, 0.3) is 5.91 Å². The Hall–Kier alpha value is -2.24. The maximum absolute atomic E-state index is 12.8. The molecule has 2 aliphatic rings. The van der Waals surface area contributed by atoms with Crippen LogP contribution in [0.5, 0.6) is 11.5 Å². The number of hydrogen-bond acceptors (Lipinski definition) is 4. The van der Waals surface area contributed by atoms with Crippen molar-refractivity contribution in [2.75, 3.05) is 27.3 Å². The van der Waals surface area contributed by atoms with Crippen molar-refractivity contribution in [3.63, 3.8) is 0 Å². The average Bonchev–Trinajstić information content (AvgIpc) is 3.29. The predicted octanol–water partition coefficient (Wildman–Crippen LogP) is 2.34. The molecule has 3 rings (SSSR count). The highest BCUT2D eigenvalue weighted by molar-refractivity contribution is 5.95. The third-order valence-corrected chi connectivity index (χ3v) is 5.53. The number of amides is 1. The number of carbonyl (C=O) groups excluding carboxylic acids is 1. The Balaban J connectivity index is 1.73. The first-order valence-corrected chi connectivity index (χ1v) is 8.16. The molecule has 6 heteroatoms. The number of benzene rings is 1. The van der Waals surface area contributed by atoms with Crippen LogP contribution < -0.4 is 9.47 Å². The summed E-state index contributed by atoms with van der Waals surface area (Å²) in [5.41, 5.74) is 1.32. The minimum absolute atomic E-state index is 0.0611. The Kier molecular flexibility index (Phi) is 4.15. The zero-order valence-corrected chi connectivity index (χ0v) is 14.3. The SMILES string of the molecule is COc1cc(C(=O)N2CCC3(CC2)CC3C(=O)O)cc(OC)c1C. The Labute approximate surface area is 141 Å². The highest BCUT2D eigenvalue weighted by atomic mass is 16.5. The molecule has 1 unspecified atom stereocenters. The minimum Gasteiger partial charge on any atom is -0.496 e. The van der Waals surface area contributed by atoms with Crippen molar-refractivity contribution in [3.05, 3.63) is 23.3 Å². The number of nitrogens with zero attached hydrogens (tertiary/aromatic N) is 1. The van der Waals surface area contributed by atoms with E-state index in [9.17, 15) is 9.59 Å². The summed E-state index contributed by atoms with van der Waals surface area (Å²) >= 11 is 0. The summed E-state index contributed by atoms with van der Waals surface area (Å²) in [7, 11) is 3.14. The molecule has 0 radical (unpaired) electrons. The van der Waals surface area contributed by atoms with Crippen LogP contribution in [0.2, 0.25) is 0 Å². The molecule has 1 atom stereocenters. The van der Waals surface area contributed by atoms with Gasteiger partial charge in [-0.3, -0.25) is 9.59 Å². The lowest BCUT2D eigenvalue weighted by Crippen LogP contribution is -2.40. The number of carbonyl (C=O) groups is 2. The van der Waals surface area contributed by atoms with Crippen molar-refractivity contribution in [2.24, 2.45) is 11.3 Å². The second kappa shape index (κ2) is 6.00. The topological polar surface area (TPSA) is 76.1 Å². The average molecular weight is 333 g/mol. The number of aliphatic carboxylic acids is 1. The third kappa shape index (κ3) is 2.70. The molecule has 1 aliphatic carbocycles. The molecule has 1 N–H and O–H groups in total. The summed E-state index contributed by atoms with van der Waals surface area (Å²) in [6.07, 6.45) is 2.27. The van der Waals surface area contributed by atoms with Gasteiger partial charge in [0.2, 0.25) is 0 Å². The van der Waals surface area contributed by atoms with Gasteiger partial charge in [0.1, 0.15) is 11.5 Å². The summed E-state index contributed by atoms with van der Waals surface area (Å²) in [5.74, 6) is 0.254. The van der Waals surface area contributed by atoms with Crippen LogP contribution in [0, 0.1) is 18.3 Å². The van der Waals surface area contributed by atoms with E-state index in [0.717, 1.165) is 24.8 Å². The number of methoxy groups -OCH3 is 2. The van der Waals surface area contributed by atoms with Gasteiger partial charge in [0.05, 0.1) is 20.1 Å². The van der Waals surface area contributed by atoms with E-state index < -0.39 is 5.97 Å². The molecule has 1 saturated heterocycles. The van der Waals surface area contributed by atoms with E-state index in [1.165, 1.54) is 0 Å². The van der Waals surface area contributed by atoms with Crippen LogP contribution in [0.4, 0.5) is 0 Å². The van der Waals surface area contributed by atoms with Gasteiger partial charge in [0.15, 0.2) is 0 Å². The largest absolute Gasteiger partial charge is 0.496 e. The first-order chi connectivity index (χ1) is 11.4. The summed E-state index contributed by atoms with van der Waals surface area (Å²) in [5, 5.41) is 9.16. The van der Waals surface area contributed by atoms with Crippen molar-refractivity contribution in [2.45, 2.75) is 26.2 Å². The molecule has 1 spiro atoms. The maximum Gasteiger partial charge on any atom is 0.307 e. The van der Waals surface area contributed by atoms with E-state index in [1.54, 1.807) is 31.3 Å². The molecule has 1 aromatic rings. The fourth-order valence-electron chi connectivity index (χ4n) is 3.80. The number of ether oxygens (including phenoxy) is 2. The molecular formula is C18H23NO5. The van der Waals surface area contributed by atoms with Gasteiger partial charge >= 0.3 is 5.97 Å². The molecule has 1 saturated carbocycles. The van der Waals surface area contributed by atoms with Crippen LogP contribution in [0.25, 0.3) is 0 Å². The van der Waals surface area contributed by atoms with Crippen molar-refractivity contribution in [3.8, 4) is 11.5 Å². The lowest BCUT2D eigenvalue weighted by atomic mass is 9.90. The highest BCUT2D eigenvalue weighted by Gasteiger charge is 2.59. The van der Waals surface area contributed by atoms with Crippen LogP contribution in [0.1, 0.15) is 35.2 Å². The van der Waals surface area contributed by atoms with Gasteiger partial charge in [-0.05, 0) is 43.7 Å². The molecule has 6 nitrogen and oxygen atoms in total. The van der Waals surface area contributed by atoms with Gasteiger partial charge < -0.3 is 19.5 Å². The quantitative estimate of drug-likeness (QED) is 0.915. The van der Waals surface area contributed by atoms with Crippen molar-refractivity contribution in [1.29, 1.82) is 0 Å². The van der Waals surface area contributed by atoms with Gasteiger partial charge in [-0.15, -0.1) is 0 Å². The zero-order valence-electron chi connectivity index (χ0n) is 14.3. The van der Waals surface area contributed by atoms with E-state index in [2.05, 4.69) is 0 Å². The number of likely N-dealkylation sites (tertiary alicyclic amines) is 1. The molecule has 2 fully saturated rings. The number of hydrogen-bond donors (Lipinski definition) is 1. The van der Waals surface area contributed by atoms with Crippen LogP contribution in [0.3, 0.4) is 0 Å². The molecule has 1 heterocycles. The Morgan fingerprint density at radius 3 is 2.12 bits per heavy atom. The van der Waals surface area contributed by atoms with E-state index >= 15 is 0 Å². The van der Waals surface area contributed by atoms with Crippen LogP contribution in [-0.4, -0.2) is 49.2 Å². The zero-order chi connectivity index (χ0) is 17.5. The highest BCUT2D eigenvalue weighted by Crippen LogP contribution is 2.59. The third-order valence-electron chi connectivity index (χ3n) is 5.53. The van der Waals surface area contributed by atoms with Crippen LogP contribution >= 0.6 is 0 Å². The summed E-state index contributed by atoms with van der Waals surface area (Å²) in [4.78, 5) is 25.7. The predicted molar refractivity (Wildman–Crippen MR) is 87.6 cm³/mol. The summed E-state index contributed by atoms with van der Waals surface area (Å²) in [6.45, 7) is 3.08. The fourth-order valence-corrected chi connectivity index (χ4v) is 3.80. The van der Waals surface area contributed by atoms with E-state index in [4.69, 9.17) is 14.6 Å². The summed E-state index contributed by atoms with van der Waals surface area (Å²) < 4.78 is 10.7. The molecule has 24 heavy (non-hydrogen) atoms. The normalized spacial score (nSPS) is 21.5. The number of rotatable bonds is 4. The molecule has 0 aromatic heterocycles. The number of carboxylic acids is 1. The first-order valence-electron chi connectivity index (χ1n) is 8.16. The monoisotopic (exact) mass is 333 g/mol. The smallest absolute Gasteiger partial charge is 0.307 e. The number of carboxylic acid groups (broad SMARTS) is 1. The minimum atomic E-state index is -0.706. The lowest BCUT2D eigenvalue weighted by molar-refractivity contribution is -0.139.